The van der Waals surface area contributed by atoms with Crippen LogP contribution in [0.2, 0.25) is 0 Å². The highest BCUT2D eigenvalue weighted by Gasteiger charge is 2.20. The van der Waals surface area contributed by atoms with Crippen molar-refractivity contribution in [3.05, 3.63) is 64.7 Å². The van der Waals surface area contributed by atoms with E-state index in [1.165, 1.54) is 24.0 Å². The number of fused-ring (bicyclic) bond motifs is 1. The lowest BCUT2D eigenvalue weighted by Crippen LogP contribution is -2.37. The quantitative estimate of drug-likeness (QED) is 0.849. The predicted molar refractivity (Wildman–Crippen MR) is 101 cm³/mol. The van der Waals surface area contributed by atoms with Crippen molar-refractivity contribution in [3.8, 4) is 5.75 Å². The molecule has 2 aromatic carbocycles. The first-order valence-corrected chi connectivity index (χ1v) is 9.25. The van der Waals surface area contributed by atoms with E-state index in [1.807, 2.05) is 31.2 Å². The van der Waals surface area contributed by atoms with Crippen LogP contribution >= 0.6 is 0 Å². The summed E-state index contributed by atoms with van der Waals surface area (Å²) >= 11 is 0. The van der Waals surface area contributed by atoms with E-state index >= 15 is 0 Å². The molecule has 0 spiro atoms. The highest BCUT2D eigenvalue weighted by atomic mass is 16.5. The van der Waals surface area contributed by atoms with Gasteiger partial charge in [-0.3, -0.25) is 4.79 Å². The zero-order chi connectivity index (χ0) is 17.8. The summed E-state index contributed by atoms with van der Waals surface area (Å²) in [4.78, 5) is 12.5. The molecule has 3 heteroatoms. The van der Waals surface area contributed by atoms with Crippen LogP contribution in [0.1, 0.15) is 55.5 Å². The average molecular weight is 337 g/mol. The third-order valence-corrected chi connectivity index (χ3v) is 5.01. The lowest BCUT2D eigenvalue weighted by atomic mass is 10.0. The number of rotatable bonds is 6. The van der Waals surface area contributed by atoms with Crippen molar-refractivity contribution < 1.29 is 9.53 Å². The van der Waals surface area contributed by atoms with Gasteiger partial charge in [0, 0.05) is 0 Å². The first kappa shape index (κ1) is 17.5. The minimum Gasteiger partial charge on any atom is -0.481 e. The molecule has 25 heavy (non-hydrogen) atoms. The topological polar surface area (TPSA) is 38.3 Å². The lowest BCUT2D eigenvalue weighted by Gasteiger charge is -2.20. The van der Waals surface area contributed by atoms with Crippen LogP contribution in [0.5, 0.6) is 5.75 Å². The van der Waals surface area contributed by atoms with Crippen molar-refractivity contribution in [2.24, 2.45) is 0 Å². The Labute approximate surface area is 150 Å². The van der Waals surface area contributed by atoms with Crippen LogP contribution in [0.25, 0.3) is 0 Å². The van der Waals surface area contributed by atoms with Crippen molar-refractivity contribution in [2.45, 2.75) is 58.6 Å². The van der Waals surface area contributed by atoms with E-state index in [2.05, 4.69) is 30.4 Å². The Bertz CT molecular complexity index is 753. The Morgan fingerprint density at radius 2 is 1.88 bits per heavy atom. The molecule has 0 aromatic heterocycles. The number of benzene rings is 2. The number of carbonyl (C=O) groups is 1. The number of amides is 1. The predicted octanol–water partition coefficient (Wildman–Crippen LogP) is 4.38. The van der Waals surface area contributed by atoms with Gasteiger partial charge < -0.3 is 10.1 Å². The smallest absolute Gasteiger partial charge is 0.261 e. The SMILES string of the molecule is CCc1ccccc1O[C@H](C)C(=O)N[C@@H](C)c1ccc2c(c1)CCC2. The monoisotopic (exact) mass is 337 g/mol. The molecule has 0 radical (unpaired) electrons. The molecule has 2 aromatic rings. The number of aryl methyl sites for hydroxylation is 3. The fraction of sp³-hybridized carbons (Fsp3) is 0.409. The lowest BCUT2D eigenvalue weighted by molar-refractivity contribution is -0.127. The summed E-state index contributed by atoms with van der Waals surface area (Å²) in [6.45, 7) is 5.92. The highest BCUT2D eigenvalue weighted by molar-refractivity contribution is 5.81. The van der Waals surface area contributed by atoms with Gasteiger partial charge in [0.05, 0.1) is 6.04 Å². The Balaban J connectivity index is 1.63. The van der Waals surface area contributed by atoms with Crippen LogP contribution in [0.15, 0.2) is 42.5 Å². The van der Waals surface area contributed by atoms with Gasteiger partial charge in [-0.1, -0.05) is 43.3 Å². The van der Waals surface area contributed by atoms with Gasteiger partial charge in [-0.05, 0) is 67.9 Å². The minimum absolute atomic E-state index is 0.0223. The first-order valence-electron chi connectivity index (χ1n) is 9.25. The Morgan fingerprint density at radius 1 is 1.12 bits per heavy atom. The normalized spacial score (nSPS) is 15.3. The van der Waals surface area contributed by atoms with E-state index in [9.17, 15) is 4.79 Å². The summed E-state index contributed by atoms with van der Waals surface area (Å²) in [6.07, 6.45) is 3.93. The van der Waals surface area contributed by atoms with Crippen molar-refractivity contribution in [1.82, 2.24) is 5.32 Å². The second kappa shape index (κ2) is 7.73. The van der Waals surface area contributed by atoms with Crippen LogP contribution < -0.4 is 10.1 Å². The molecule has 0 bridgehead atoms. The number of carbonyl (C=O) groups excluding carboxylic acids is 1. The molecule has 1 amide bonds. The molecule has 3 rings (SSSR count). The molecule has 1 N–H and O–H groups in total. The van der Waals surface area contributed by atoms with Crippen LogP contribution in [0, 0.1) is 0 Å². The second-order valence-corrected chi connectivity index (χ2v) is 6.83. The van der Waals surface area contributed by atoms with Crippen LogP contribution in [0.3, 0.4) is 0 Å². The minimum atomic E-state index is -0.524. The summed E-state index contributed by atoms with van der Waals surface area (Å²) in [5.41, 5.74) is 5.17. The molecule has 0 fully saturated rings. The molecule has 0 saturated heterocycles. The largest absolute Gasteiger partial charge is 0.481 e. The molecule has 0 unspecified atom stereocenters. The Kier molecular flexibility index (Phi) is 5.42. The molecule has 3 nitrogen and oxygen atoms in total. The number of hydrogen-bond donors (Lipinski definition) is 1. The molecule has 1 aliphatic carbocycles. The van der Waals surface area contributed by atoms with Gasteiger partial charge in [0.15, 0.2) is 6.10 Å². The average Bonchev–Trinajstić information content (AvgIpc) is 3.09. The van der Waals surface area contributed by atoms with Gasteiger partial charge in [0.1, 0.15) is 5.75 Å². The van der Waals surface area contributed by atoms with Gasteiger partial charge in [0.25, 0.3) is 5.91 Å². The zero-order valence-electron chi connectivity index (χ0n) is 15.3. The van der Waals surface area contributed by atoms with Crippen molar-refractivity contribution in [2.75, 3.05) is 0 Å². The molecule has 2 atom stereocenters. The highest BCUT2D eigenvalue weighted by Crippen LogP contribution is 2.25. The van der Waals surface area contributed by atoms with E-state index in [4.69, 9.17) is 4.74 Å². The van der Waals surface area contributed by atoms with Crippen LogP contribution in [-0.4, -0.2) is 12.0 Å². The van der Waals surface area contributed by atoms with Crippen LogP contribution in [-0.2, 0) is 24.1 Å². The molecular formula is C22H27NO2. The fourth-order valence-electron chi connectivity index (χ4n) is 3.43. The number of nitrogens with one attached hydrogen (secondary N) is 1. The van der Waals surface area contributed by atoms with E-state index in [-0.39, 0.29) is 11.9 Å². The maximum Gasteiger partial charge on any atom is 0.261 e. The maximum atomic E-state index is 12.5. The van der Waals surface area contributed by atoms with Gasteiger partial charge >= 0.3 is 0 Å². The third-order valence-electron chi connectivity index (χ3n) is 5.01. The summed E-state index contributed by atoms with van der Waals surface area (Å²) in [5, 5.41) is 3.08. The van der Waals surface area contributed by atoms with Gasteiger partial charge in [-0.15, -0.1) is 0 Å². The first-order chi connectivity index (χ1) is 12.1. The van der Waals surface area contributed by atoms with Gasteiger partial charge in [-0.2, -0.15) is 0 Å². The Morgan fingerprint density at radius 3 is 2.68 bits per heavy atom. The van der Waals surface area contributed by atoms with Gasteiger partial charge in [-0.25, -0.2) is 0 Å². The second-order valence-electron chi connectivity index (χ2n) is 6.83. The van der Waals surface area contributed by atoms with E-state index in [0.29, 0.717) is 0 Å². The molecule has 1 aliphatic rings. The van der Waals surface area contributed by atoms with Crippen molar-refractivity contribution in [1.29, 1.82) is 0 Å². The number of hydrogen-bond acceptors (Lipinski definition) is 2. The van der Waals surface area contributed by atoms with E-state index in [0.717, 1.165) is 29.7 Å². The fourth-order valence-corrected chi connectivity index (χ4v) is 3.43. The standard InChI is InChI=1S/C22H27NO2/c1-4-17-8-5-6-11-21(17)25-16(3)22(24)23-15(2)19-13-12-18-9-7-10-20(18)14-19/h5-6,8,11-16H,4,7,9-10H2,1-3H3,(H,23,24)/t15-,16+/m0/s1. The molecular weight excluding hydrogens is 310 g/mol. The van der Waals surface area contributed by atoms with E-state index < -0.39 is 6.10 Å². The third kappa shape index (κ3) is 4.04. The summed E-state index contributed by atoms with van der Waals surface area (Å²) < 4.78 is 5.90. The molecule has 132 valence electrons. The molecule has 0 saturated carbocycles. The Hall–Kier alpha value is -2.29. The summed E-state index contributed by atoms with van der Waals surface area (Å²) in [5.74, 6) is 0.705. The number of ether oxygens (including phenoxy) is 1. The molecule has 0 heterocycles. The zero-order valence-corrected chi connectivity index (χ0v) is 15.3. The summed E-state index contributed by atoms with van der Waals surface area (Å²) in [6, 6.07) is 14.4. The van der Waals surface area contributed by atoms with Crippen molar-refractivity contribution in [3.63, 3.8) is 0 Å². The van der Waals surface area contributed by atoms with Crippen molar-refractivity contribution >= 4 is 5.91 Å². The van der Waals surface area contributed by atoms with E-state index in [1.54, 1.807) is 6.92 Å². The molecule has 0 aliphatic heterocycles. The van der Waals surface area contributed by atoms with Gasteiger partial charge in [0.2, 0.25) is 0 Å². The summed E-state index contributed by atoms with van der Waals surface area (Å²) in [7, 11) is 0. The van der Waals surface area contributed by atoms with Crippen LogP contribution in [0.4, 0.5) is 0 Å². The maximum absolute atomic E-state index is 12.5. The number of para-hydroxylation sites is 1.